The van der Waals surface area contributed by atoms with Crippen LogP contribution < -0.4 is 10.2 Å². The van der Waals surface area contributed by atoms with Crippen molar-refractivity contribution in [1.82, 2.24) is 10.3 Å². The fourth-order valence-corrected chi connectivity index (χ4v) is 2.08. The van der Waals surface area contributed by atoms with Gasteiger partial charge in [0.15, 0.2) is 0 Å². The van der Waals surface area contributed by atoms with Gasteiger partial charge < -0.3 is 10.2 Å². The summed E-state index contributed by atoms with van der Waals surface area (Å²) in [6, 6.07) is 4.32. The number of pyridine rings is 1. The number of hydrogen-bond donors (Lipinski definition) is 1. The molecule has 1 heterocycles. The summed E-state index contributed by atoms with van der Waals surface area (Å²) in [5, 5.41) is 3.21. The minimum absolute atomic E-state index is 0.0343. The van der Waals surface area contributed by atoms with E-state index in [1.807, 2.05) is 7.05 Å². The van der Waals surface area contributed by atoms with Crippen LogP contribution >= 0.6 is 0 Å². The molecule has 1 rings (SSSR count). The molecule has 0 unspecified atom stereocenters. The fourth-order valence-electron chi connectivity index (χ4n) is 2.08. The first-order chi connectivity index (χ1) is 9.42. The first kappa shape index (κ1) is 16.5. The zero-order valence-electron chi connectivity index (χ0n) is 13.5. The Hall–Kier alpha value is -1.53. The molecule has 0 aliphatic heterocycles. The van der Waals surface area contributed by atoms with Gasteiger partial charge in [-0.3, -0.25) is 0 Å². The van der Waals surface area contributed by atoms with E-state index in [1.54, 1.807) is 0 Å². The van der Waals surface area contributed by atoms with Crippen LogP contribution in [0.25, 0.3) is 0 Å². The van der Waals surface area contributed by atoms with Gasteiger partial charge in [0.05, 0.1) is 6.54 Å². The second-order valence-corrected chi connectivity index (χ2v) is 6.12. The summed E-state index contributed by atoms with van der Waals surface area (Å²) < 4.78 is 0. The number of hydrogen-bond acceptors (Lipinski definition) is 3. The standard InChI is InChI=1S/C17H27N3/c1-7-9-20(10-8-2)16-12-14(13-18-6)11-15(19-16)17(3,4)5/h1,11-12,18H,8-10,13H2,2-6H3. The molecule has 0 spiro atoms. The molecule has 1 N–H and O–H groups in total. The van der Waals surface area contributed by atoms with E-state index in [4.69, 9.17) is 11.4 Å². The van der Waals surface area contributed by atoms with Gasteiger partial charge >= 0.3 is 0 Å². The van der Waals surface area contributed by atoms with Crippen molar-refractivity contribution in [2.75, 3.05) is 25.0 Å². The second kappa shape index (κ2) is 7.31. The van der Waals surface area contributed by atoms with E-state index >= 15 is 0 Å². The van der Waals surface area contributed by atoms with Crippen LogP contribution in [0.1, 0.15) is 45.4 Å². The first-order valence-electron chi connectivity index (χ1n) is 7.26. The lowest BCUT2D eigenvalue weighted by Crippen LogP contribution is -2.27. The minimum atomic E-state index is 0.0343. The largest absolute Gasteiger partial charge is 0.345 e. The zero-order valence-corrected chi connectivity index (χ0v) is 13.5. The van der Waals surface area contributed by atoms with Crippen molar-refractivity contribution in [3.63, 3.8) is 0 Å². The number of terminal acetylenes is 1. The smallest absolute Gasteiger partial charge is 0.129 e. The molecule has 0 atom stereocenters. The number of nitrogens with one attached hydrogen (secondary N) is 1. The summed E-state index contributed by atoms with van der Waals surface area (Å²) in [5.41, 5.74) is 2.39. The lowest BCUT2D eigenvalue weighted by atomic mass is 9.90. The summed E-state index contributed by atoms with van der Waals surface area (Å²) in [5.74, 6) is 3.72. The van der Waals surface area contributed by atoms with Crippen molar-refractivity contribution in [2.24, 2.45) is 0 Å². The van der Waals surface area contributed by atoms with Crippen LogP contribution in [0, 0.1) is 12.3 Å². The Morgan fingerprint density at radius 3 is 2.55 bits per heavy atom. The highest BCUT2D eigenvalue weighted by Crippen LogP contribution is 2.25. The molecule has 0 saturated heterocycles. The number of aromatic nitrogens is 1. The minimum Gasteiger partial charge on any atom is -0.345 e. The van der Waals surface area contributed by atoms with E-state index in [1.165, 1.54) is 5.56 Å². The van der Waals surface area contributed by atoms with E-state index in [0.29, 0.717) is 6.54 Å². The molecule has 0 aliphatic carbocycles. The van der Waals surface area contributed by atoms with Crippen molar-refractivity contribution in [3.05, 3.63) is 23.4 Å². The van der Waals surface area contributed by atoms with Gasteiger partial charge in [-0.05, 0) is 31.2 Å². The van der Waals surface area contributed by atoms with Gasteiger partial charge in [-0.15, -0.1) is 6.42 Å². The van der Waals surface area contributed by atoms with Crippen LogP contribution in [0.5, 0.6) is 0 Å². The van der Waals surface area contributed by atoms with Crippen molar-refractivity contribution < 1.29 is 0 Å². The summed E-state index contributed by atoms with van der Waals surface area (Å²) in [6.07, 6.45) is 6.55. The van der Waals surface area contributed by atoms with E-state index in [2.05, 4.69) is 56.0 Å². The predicted molar refractivity (Wildman–Crippen MR) is 87.0 cm³/mol. The average Bonchev–Trinajstić information content (AvgIpc) is 2.37. The molecule has 0 saturated carbocycles. The molecule has 110 valence electrons. The normalized spacial score (nSPS) is 11.2. The molecular weight excluding hydrogens is 246 g/mol. The monoisotopic (exact) mass is 273 g/mol. The van der Waals surface area contributed by atoms with E-state index in [9.17, 15) is 0 Å². The Labute approximate surface area is 123 Å². The summed E-state index contributed by atoms with van der Waals surface area (Å²) >= 11 is 0. The zero-order chi connectivity index (χ0) is 15.2. The Morgan fingerprint density at radius 1 is 1.35 bits per heavy atom. The summed E-state index contributed by atoms with van der Waals surface area (Å²) in [4.78, 5) is 7.00. The van der Waals surface area contributed by atoms with Crippen molar-refractivity contribution >= 4 is 5.82 Å². The Bertz CT molecular complexity index is 466. The van der Waals surface area contributed by atoms with E-state index in [-0.39, 0.29) is 5.41 Å². The van der Waals surface area contributed by atoms with Gasteiger partial charge in [-0.25, -0.2) is 4.98 Å². The second-order valence-electron chi connectivity index (χ2n) is 6.12. The SMILES string of the molecule is C#CCN(CCC)c1cc(CNC)cc(C(C)(C)C)n1. The van der Waals surface area contributed by atoms with Crippen LogP contribution in [-0.2, 0) is 12.0 Å². The van der Waals surface area contributed by atoms with Gasteiger partial charge in [0, 0.05) is 24.2 Å². The first-order valence-corrected chi connectivity index (χ1v) is 7.26. The molecule has 0 amide bonds. The quantitative estimate of drug-likeness (QED) is 0.808. The van der Waals surface area contributed by atoms with Gasteiger partial charge in [0.2, 0.25) is 0 Å². The fraction of sp³-hybridized carbons (Fsp3) is 0.588. The maximum atomic E-state index is 5.49. The molecule has 0 aromatic carbocycles. The highest BCUT2D eigenvalue weighted by atomic mass is 15.2. The number of rotatable bonds is 6. The highest BCUT2D eigenvalue weighted by molar-refractivity contribution is 5.45. The lowest BCUT2D eigenvalue weighted by Gasteiger charge is -2.25. The maximum absolute atomic E-state index is 5.49. The van der Waals surface area contributed by atoms with Crippen LogP contribution in [-0.4, -0.2) is 25.1 Å². The maximum Gasteiger partial charge on any atom is 0.129 e. The van der Waals surface area contributed by atoms with Crippen molar-refractivity contribution in [2.45, 2.75) is 46.1 Å². The third-order valence-electron chi connectivity index (χ3n) is 3.12. The molecular formula is C17H27N3. The molecule has 3 heteroatoms. The molecule has 1 aromatic heterocycles. The third kappa shape index (κ3) is 4.54. The van der Waals surface area contributed by atoms with Crippen LogP contribution in [0.15, 0.2) is 12.1 Å². The van der Waals surface area contributed by atoms with Gasteiger partial charge in [-0.2, -0.15) is 0 Å². The van der Waals surface area contributed by atoms with Gasteiger partial charge in [0.1, 0.15) is 5.82 Å². The molecule has 0 aliphatic rings. The lowest BCUT2D eigenvalue weighted by molar-refractivity contribution is 0.566. The summed E-state index contributed by atoms with van der Waals surface area (Å²) in [7, 11) is 1.96. The van der Waals surface area contributed by atoms with Crippen molar-refractivity contribution in [3.8, 4) is 12.3 Å². The third-order valence-corrected chi connectivity index (χ3v) is 3.12. The average molecular weight is 273 g/mol. The number of nitrogens with zero attached hydrogens (tertiary/aromatic N) is 2. The topological polar surface area (TPSA) is 28.2 Å². The number of anilines is 1. The molecule has 1 aromatic rings. The Morgan fingerprint density at radius 2 is 2.05 bits per heavy atom. The Balaban J connectivity index is 3.22. The van der Waals surface area contributed by atoms with Gasteiger partial charge in [0.25, 0.3) is 0 Å². The molecule has 0 fully saturated rings. The van der Waals surface area contributed by atoms with Crippen molar-refractivity contribution in [1.29, 1.82) is 0 Å². The molecule has 0 radical (unpaired) electrons. The van der Waals surface area contributed by atoms with Gasteiger partial charge in [-0.1, -0.05) is 33.6 Å². The van der Waals surface area contributed by atoms with Crippen LogP contribution in [0.4, 0.5) is 5.82 Å². The molecule has 20 heavy (non-hydrogen) atoms. The Kier molecular flexibility index (Phi) is 6.04. The van der Waals surface area contributed by atoms with Crippen LogP contribution in [0.2, 0.25) is 0 Å². The van der Waals surface area contributed by atoms with E-state index < -0.39 is 0 Å². The predicted octanol–water partition coefficient (Wildman–Crippen LogP) is 2.95. The molecule has 3 nitrogen and oxygen atoms in total. The summed E-state index contributed by atoms with van der Waals surface area (Å²) in [6.45, 7) is 11.1. The highest BCUT2D eigenvalue weighted by Gasteiger charge is 2.18. The molecule has 0 bridgehead atoms. The van der Waals surface area contributed by atoms with E-state index in [0.717, 1.165) is 31.0 Å². The van der Waals surface area contributed by atoms with Crippen LogP contribution in [0.3, 0.4) is 0 Å².